The zero-order valence-corrected chi connectivity index (χ0v) is 9.33. The summed E-state index contributed by atoms with van der Waals surface area (Å²) in [4.78, 5) is 0. The van der Waals surface area contributed by atoms with Crippen molar-refractivity contribution < 1.29 is 18.3 Å². The number of halogens is 3. The average molecular weight is 248 g/mol. The standard InChI is InChI=1S/C11H15F3N2O/c1-6(15)5-9(17)7-3-2-4-8(10(7)16)11(12,13)14/h2-4,6,9,17H,5,15-16H2,1H3. The molecule has 17 heavy (non-hydrogen) atoms. The Bertz CT molecular complexity index is 391. The van der Waals surface area contributed by atoms with Crippen LogP contribution in [0, 0.1) is 0 Å². The Labute approximate surface area is 97.2 Å². The van der Waals surface area contributed by atoms with Gasteiger partial charge in [0.25, 0.3) is 0 Å². The highest BCUT2D eigenvalue weighted by atomic mass is 19.4. The number of alkyl halides is 3. The summed E-state index contributed by atoms with van der Waals surface area (Å²) in [6.45, 7) is 1.66. The van der Waals surface area contributed by atoms with Crippen molar-refractivity contribution >= 4 is 5.69 Å². The number of anilines is 1. The number of nitrogen functional groups attached to an aromatic ring is 1. The summed E-state index contributed by atoms with van der Waals surface area (Å²) < 4.78 is 37.7. The molecule has 1 aromatic rings. The smallest absolute Gasteiger partial charge is 0.398 e. The maximum Gasteiger partial charge on any atom is 0.418 e. The molecule has 96 valence electrons. The van der Waals surface area contributed by atoms with Gasteiger partial charge in [-0.05, 0) is 19.4 Å². The number of hydrogen-bond acceptors (Lipinski definition) is 3. The average Bonchev–Trinajstić information content (AvgIpc) is 2.14. The lowest BCUT2D eigenvalue weighted by Crippen LogP contribution is -2.20. The van der Waals surface area contributed by atoms with Crippen LogP contribution in [0.3, 0.4) is 0 Å². The minimum absolute atomic E-state index is 0.0668. The highest BCUT2D eigenvalue weighted by molar-refractivity contribution is 5.56. The lowest BCUT2D eigenvalue weighted by atomic mass is 9.98. The molecule has 0 saturated carbocycles. The van der Waals surface area contributed by atoms with Gasteiger partial charge >= 0.3 is 6.18 Å². The topological polar surface area (TPSA) is 72.3 Å². The third-order valence-corrected chi connectivity index (χ3v) is 2.40. The van der Waals surface area contributed by atoms with E-state index in [1.807, 2.05) is 0 Å². The van der Waals surface area contributed by atoms with Gasteiger partial charge in [0.2, 0.25) is 0 Å². The van der Waals surface area contributed by atoms with E-state index in [1.165, 1.54) is 12.1 Å². The second-order valence-corrected chi connectivity index (χ2v) is 4.04. The van der Waals surface area contributed by atoms with Crippen molar-refractivity contribution in [3.05, 3.63) is 29.3 Å². The summed E-state index contributed by atoms with van der Waals surface area (Å²) in [5.74, 6) is 0. The van der Waals surface area contributed by atoms with Crippen LogP contribution in [0.4, 0.5) is 18.9 Å². The molecule has 5 N–H and O–H groups in total. The molecular weight excluding hydrogens is 233 g/mol. The molecule has 1 aromatic carbocycles. The van der Waals surface area contributed by atoms with Gasteiger partial charge in [0.1, 0.15) is 0 Å². The maximum absolute atomic E-state index is 12.6. The van der Waals surface area contributed by atoms with Crippen LogP contribution in [0.25, 0.3) is 0 Å². The number of nitrogens with two attached hydrogens (primary N) is 2. The van der Waals surface area contributed by atoms with E-state index in [2.05, 4.69) is 0 Å². The number of hydrogen-bond donors (Lipinski definition) is 3. The van der Waals surface area contributed by atoms with E-state index in [0.717, 1.165) is 6.07 Å². The largest absolute Gasteiger partial charge is 0.418 e. The summed E-state index contributed by atoms with van der Waals surface area (Å²) in [6.07, 6.45) is -5.45. The number of aliphatic hydroxyl groups is 1. The van der Waals surface area contributed by atoms with Gasteiger partial charge in [0, 0.05) is 17.3 Å². The molecule has 3 nitrogen and oxygen atoms in total. The third kappa shape index (κ3) is 3.34. The van der Waals surface area contributed by atoms with Gasteiger partial charge in [-0.25, -0.2) is 0 Å². The molecule has 0 bridgehead atoms. The first-order valence-electron chi connectivity index (χ1n) is 5.12. The zero-order chi connectivity index (χ0) is 13.2. The van der Waals surface area contributed by atoms with Crippen molar-refractivity contribution in [3.8, 4) is 0 Å². The predicted molar refractivity (Wildman–Crippen MR) is 59.1 cm³/mol. The number of aliphatic hydroxyl groups excluding tert-OH is 1. The number of rotatable bonds is 3. The van der Waals surface area contributed by atoms with Crippen LogP contribution < -0.4 is 11.5 Å². The van der Waals surface area contributed by atoms with E-state index in [1.54, 1.807) is 6.92 Å². The first-order valence-corrected chi connectivity index (χ1v) is 5.12. The van der Waals surface area contributed by atoms with E-state index in [4.69, 9.17) is 11.5 Å². The summed E-state index contributed by atoms with van der Waals surface area (Å²) in [7, 11) is 0. The monoisotopic (exact) mass is 248 g/mol. The van der Waals surface area contributed by atoms with Crippen molar-refractivity contribution in [2.45, 2.75) is 31.7 Å². The predicted octanol–water partition coefficient (Wildman–Crippen LogP) is 2.06. The third-order valence-electron chi connectivity index (χ3n) is 2.40. The molecule has 1 rings (SSSR count). The second-order valence-electron chi connectivity index (χ2n) is 4.04. The molecule has 0 fully saturated rings. The van der Waals surface area contributed by atoms with Crippen LogP contribution in [-0.4, -0.2) is 11.1 Å². The Kier molecular flexibility index (Phi) is 4.00. The molecule has 0 aliphatic rings. The van der Waals surface area contributed by atoms with Gasteiger partial charge in [-0.2, -0.15) is 13.2 Å². The number of benzene rings is 1. The summed E-state index contributed by atoms with van der Waals surface area (Å²) in [5, 5.41) is 9.73. The van der Waals surface area contributed by atoms with Crippen molar-refractivity contribution in [1.82, 2.24) is 0 Å². The van der Waals surface area contributed by atoms with Crippen molar-refractivity contribution in [2.24, 2.45) is 5.73 Å². The fourth-order valence-corrected chi connectivity index (χ4v) is 1.60. The zero-order valence-electron chi connectivity index (χ0n) is 9.33. The molecule has 0 radical (unpaired) electrons. The minimum Gasteiger partial charge on any atom is -0.398 e. The lowest BCUT2D eigenvalue weighted by molar-refractivity contribution is -0.137. The minimum atomic E-state index is -4.52. The Hall–Kier alpha value is -1.27. The first kappa shape index (κ1) is 13.8. The van der Waals surface area contributed by atoms with Crippen LogP contribution in [0.5, 0.6) is 0 Å². The van der Waals surface area contributed by atoms with E-state index >= 15 is 0 Å². The molecule has 2 unspecified atom stereocenters. The van der Waals surface area contributed by atoms with Crippen LogP contribution >= 0.6 is 0 Å². The van der Waals surface area contributed by atoms with Crippen LogP contribution in [-0.2, 0) is 6.18 Å². The lowest BCUT2D eigenvalue weighted by Gasteiger charge is -2.18. The molecule has 0 aromatic heterocycles. The first-order chi connectivity index (χ1) is 7.73. The number of para-hydroxylation sites is 1. The molecular formula is C11H15F3N2O. The summed E-state index contributed by atoms with van der Waals surface area (Å²) >= 11 is 0. The van der Waals surface area contributed by atoms with E-state index in [9.17, 15) is 18.3 Å². The van der Waals surface area contributed by atoms with Gasteiger partial charge in [-0.3, -0.25) is 0 Å². The van der Waals surface area contributed by atoms with E-state index in [0.29, 0.717) is 0 Å². The Morgan fingerprint density at radius 2 is 1.94 bits per heavy atom. The van der Waals surface area contributed by atoms with Gasteiger partial charge < -0.3 is 16.6 Å². The molecule has 6 heteroatoms. The molecule has 0 aliphatic carbocycles. The van der Waals surface area contributed by atoms with Gasteiger partial charge in [-0.15, -0.1) is 0 Å². The summed E-state index contributed by atoms with van der Waals surface area (Å²) in [5.41, 5.74) is 9.60. The quantitative estimate of drug-likeness (QED) is 0.717. The van der Waals surface area contributed by atoms with Crippen LogP contribution in [0.2, 0.25) is 0 Å². The molecule has 0 aliphatic heterocycles. The Morgan fingerprint density at radius 3 is 2.41 bits per heavy atom. The van der Waals surface area contributed by atoms with Gasteiger partial charge in [-0.1, -0.05) is 12.1 Å². The van der Waals surface area contributed by atoms with Crippen molar-refractivity contribution in [3.63, 3.8) is 0 Å². The van der Waals surface area contributed by atoms with Gasteiger partial charge in [0.05, 0.1) is 11.7 Å². The van der Waals surface area contributed by atoms with Gasteiger partial charge in [0.15, 0.2) is 0 Å². The Balaban J connectivity index is 3.10. The van der Waals surface area contributed by atoms with Crippen molar-refractivity contribution in [1.29, 1.82) is 0 Å². The molecule has 0 heterocycles. The van der Waals surface area contributed by atoms with Crippen molar-refractivity contribution in [2.75, 3.05) is 5.73 Å². The maximum atomic E-state index is 12.6. The highest BCUT2D eigenvalue weighted by Gasteiger charge is 2.34. The van der Waals surface area contributed by atoms with E-state index < -0.39 is 23.5 Å². The molecule has 0 spiro atoms. The summed E-state index contributed by atoms with van der Waals surface area (Å²) in [6, 6.07) is 3.16. The normalized spacial score (nSPS) is 15.6. The van der Waals surface area contributed by atoms with Crippen LogP contribution in [0.15, 0.2) is 18.2 Å². The molecule has 0 saturated heterocycles. The fourth-order valence-electron chi connectivity index (χ4n) is 1.60. The molecule has 0 amide bonds. The Morgan fingerprint density at radius 1 is 1.35 bits per heavy atom. The second kappa shape index (κ2) is 4.93. The van der Waals surface area contributed by atoms with Crippen LogP contribution in [0.1, 0.15) is 30.6 Å². The van der Waals surface area contributed by atoms with E-state index in [-0.39, 0.29) is 18.0 Å². The SMILES string of the molecule is CC(N)CC(O)c1cccc(C(F)(F)F)c1N. The molecule has 2 atom stereocenters. The fraction of sp³-hybridized carbons (Fsp3) is 0.455. The highest BCUT2D eigenvalue weighted by Crippen LogP contribution is 2.37.